The first-order valence-corrected chi connectivity index (χ1v) is 11.0. The Morgan fingerprint density at radius 1 is 1.10 bits per heavy atom. The Balaban J connectivity index is 1.40. The SMILES string of the molecule is CN1CC(NC(=O)c2nc3ccccc3s2)CCCC(C(=O)NC2CC2)CC1=O. The monoisotopic (exact) mass is 414 g/mol. The van der Waals surface area contributed by atoms with Crippen LogP contribution in [0, 0.1) is 5.92 Å². The largest absolute Gasteiger partial charge is 0.353 e. The molecular weight excluding hydrogens is 388 g/mol. The number of thiazole rings is 1. The molecule has 0 spiro atoms. The maximum atomic E-state index is 12.7. The number of rotatable bonds is 4. The van der Waals surface area contributed by atoms with E-state index in [1.807, 2.05) is 24.3 Å². The number of hydrogen-bond acceptors (Lipinski definition) is 5. The fourth-order valence-electron chi connectivity index (χ4n) is 3.71. The van der Waals surface area contributed by atoms with Crippen LogP contribution in [0.5, 0.6) is 0 Å². The van der Waals surface area contributed by atoms with Gasteiger partial charge in [-0.2, -0.15) is 0 Å². The van der Waals surface area contributed by atoms with E-state index in [0.717, 1.165) is 35.9 Å². The summed E-state index contributed by atoms with van der Waals surface area (Å²) in [5.41, 5.74) is 0.814. The highest BCUT2D eigenvalue weighted by molar-refractivity contribution is 7.20. The van der Waals surface area contributed by atoms with E-state index in [1.165, 1.54) is 11.3 Å². The summed E-state index contributed by atoms with van der Waals surface area (Å²) in [5.74, 6) is -0.558. The summed E-state index contributed by atoms with van der Waals surface area (Å²) in [7, 11) is 1.74. The Morgan fingerprint density at radius 2 is 1.90 bits per heavy atom. The van der Waals surface area contributed by atoms with Crippen LogP contribution in [0.1, 0.15) is 48.3 Å². The molecule has 7 nitrogen and oxygen atoms in total. The fraction of sp³-hybridized carbons (Fsp3) is 0.524. The molecule has 1 aliphatic carbocycles. The number of para-hydroxylation sites is 1. The van der Waals surface area contributed by atoms with Crippen molar-refractivity contribution in [2.75, 3.05) is 13.6 Å². The minimum Gasteiger partial charge on any atom is -0.353 e. The fourth-order valence-corrected chi connectivity index (χ4v) is 4.58. The minimum atomic E-state index is -0.288. The van der Waals surface area contributed by atoms with Crippen molar-refractivity contribution >= 4 is 39.3 Å². The summed E-state index contributed by atoms with van der Waals surface area (Å²) >= 11 is 1.37. The van der Waals surface area contributed by atoms with Gasteiger partial charge in [0.2, 0.25) is 11.8 Å². The highest BCUT2D eigenvalue weighted by atomic mass is 32.1. The second-order valence-corrected chi connectivity index (χ2v) is 9.08. The third-order valence-corrected chi connectivity index (χ3v) is 6.60. The molecule has 154 valence electrons. The van der Waals surface area contributed by atoms with E-state index in [4.69, 9.17) is 0 Å². The Bertz CT molecular complexity index is 891. The normalized spacial score (nSPS) is 23.2. The molecule has 2 unspecified atom stereocenters. The van der Waals surface area contributed by atoms with Gasteiger partial charge in [-0.3, -0.25) is 14.4 Å². The number of carbonyl (C=O) groups is 3. The van der Waals surface area contributed by atoms with E-state index in [1.54, 1.807) is 11.9 Å². The van der Waals surface area contributed by atoms with E-state index in [-0.39, 0.29) is 36.1 Å². The molecule has 8 heteroatoms. The number of nitrogens with one attached hydrogen (secondary N) is 2. The first kappa shape index (κ1) is 19.8. The molecule has 4 rings (SSSR count). The second kappa shape index (κ2) is 8.49. The average molecular weight is 415 g/mol. The van der Waals surface area contributed by atoms with Crippen molar-refractivity contribution in [3.8, 4) is 0 Å². The van der Waals surface area contributed by atoms with Crippen LogP contribution in [0.15, 0.2) is 24.3 Å². The smallest absolute Gasteiger partial charge is 0.280 e. The molecule has 3 amide bonds. The third-order valence-electron chi connectivity index (χ3n) is 5.56. The summed E-state index contributed by atoms with van der Waals surface area (Å²) in [4.78, 5) is 43.8. The lowest BCUT2D eigenvalue weighted by molar-refractivity contribution is -0.135. The molecule has 2 atom stereocenters. The van der Waals surface area contributed by atoms with Crippen molar-refractivity contribution in [2.24, 2.45) is 5.92 Å². The lowest BCUT2D eigenvalue weighted by atomic mass is 9.96. The van der Waals surface area contributed by atoms with Crippen LogP contribution in [0.3, 0.4) is 0 Å². The van der Waals surface area contributed by atoms with Crippen molar-refractivity contribution in [3.05, 3.63) is 29.3 Å². The molecule has 29 heavy (non-hydrogen) atoms. The molecule has 2 aromatic rings. The molecule has 1 aromatic carbocycles. The molecule has 1 saturated carbocycles. The quantitative estimate of drug-likeness (QED) is 0.803. The van der Waals surface area contributed by atoms with E-state index < -0.39 is 0 Å². The van der Waals surface area contributed by atoms with Crippen molar-refractivity contribution in [1.29, 1.82) is 0 Å². The topological polar surface area (TPSA) is 91.4 Å². The van der Waals surface area contributed by atoms with Crippen LogP contribution in [0.2, 0.25) is 0 Å². The van der Waals surface area contributed by atoms with Crippen molar-refractivity contribution in [2.45, 2.75) is 50.6 Å². The van der Waals surface area contributed by atoms with Crippen LogP contribution in [0.4, 0.5) is 0 Å². The van der Waals surface area contributed by atoms with Gasteiger partial charge in [-0.05, 0) is 37.8 Å². The predicted molar refractivity (Wildman–Crippen MR) is 112 cm³/mol. The Hall–Kier alpha value is -2.48. The summed E-state index contributed by atoms with van der Waals surface area (Å²) in [5, 5.41) is 6.49. The van der Waals surface area contributed by atoms with Crippen LogP contribution < -0.4 is 10.6 Å². The van der Waals surface area contributed by atoms with Gasteiger partial charge in [-0.15, -0.1) is 11.3 Å². The molecule has 2 heterocycles. The molecule has 1 saturated heterocycles. The van der Waals surface area contributed by atoms with Crippen LogP contribution in [-0.4, -0.2) is 53.3 Å². The van der Waals surface area contributed by atoms with Gasteiger partial charge in [0.25, 0.3) is 5.91 Å². The first-order valence-electron chi connectivity index (χ1n) is 10.2. The molecule has 0 bridgehead atoms. The van der Waals surface area contributed by atoms with E-state index in [0.29, 0.717) is 24.0 Å². The standard InChI is InChI=1S/C21H26N4O3S/c1-25-12-15(23-20(28)21-24-16-7-2-3-8-17(16)29-21)6-4-5-13(11-18(25)26)19(27)22-14-9-10-14/h2-3,7-8,13-15H,4-6,9-12H2,1H3,(H,22,27)(H,23,28). The zero-order valence-electron chi connectivity index (χ0n) is 16.5. The van der Waals surface area contributed by atoms with Gasteiger partial charge in [0, 0.05) is 38.0 Å². The first-order chi connectivity index (χ1) is 14.0. The zero-order chi connectivity index (χ0) is 20.4. The Morgan fingerprint density at radius 3 is 2.66 bits per heavy atom. The van der Waals surface area contributed by atoms with Gasteiger partial charge in [-0.25, -0.2) is 4.98 Å². The molecule has 1 aliphatic heterocycles. The predicted octanol–water partition coefficient (Wildman–Crippen LogP) is 2.32. The Labute approximate surface area is 173 Å². The highest BCUT2D eigenvalue weighted by Crippen LogP contribution is 2.24. The lowest BCUT2D eigenvalue weighted by Crippen LogP contribution is -2.44. The van der Waals surface area contributed by atoms with E-state index >= 15 is 0 Å². The van der Waals surface area contributed by atoms with Crippen LogP contribution >= 0.6 is 11.3 Å². The molecule has 2 aliphatic rings. The van der Waals surface area contributed by atoms with Gasteiger partial charge >= 0.3 is 0 Å². The zero-order valence-corrected chi connectivity index (χ0v) is 17.3. The summed E-state index contributed by atoms with van der Waals surface area (Å²) in [6, 6.07) is 7.80. The highest BCUT2D eigenvalue weighted by Gasteiger charge is 2.31. The van der Waals surface area contributed by atoms with Gasteiger partial charge in [0.1, 0.15) is 0 Å². The van der Waals surface area contributed by atoms with Gasteiger partial charge in [0.15, 0.2) is 5.01 Å². The van der Waals surface area contributed by atoms with E-state index in [2.05, 4.69) is 15.6 Å². The number of carbonyl (C=O) groups excluding carboxylic acids is 3. The maximum Gasteiger partial charge on any atom is 0.280 e. The summed E-state index contributed by atoms with van der Waals surface area (Å²) in [6.07, 6.45) is 4.47. The number of nitrogens with zero attached hydrogens (tertiary/aromatic N) is 2. The van der Waals surface area contributed by atoms with Gasteiger partial charge in [0.05, 0.1) is 10.2 Å². The van der Waals surface area contributed by atoms with Crippen molar-refractivity contribution < 1.29 is 14.4 Å². The van der Waals surface area contributed by atoms with E-state index in [9.17, 15) is 14.4 Å². The number of amides is 3. The number of benzene rings is 1. The number of likely N-dealkylation sites (N-methyl/N-ethyl adjacent to an activating group) is 1. The number of fused-ring (bicyclic) bond motifs is 1. The number of hydrogen-bond donors (Lipinski definition) is 2. The van der Waals surface area contributed by atoms with Crippen LogP contribution in [-0.2, 0) is 9.59 Å². The van der Waals surface area contributed by atoms with Crippen molar-refractivity contribution in [1.82, 2.24) is 20.5 Å². The number of aromatic nitrogens is 1. The lowest BCUT2D eigenvalue weighted by Gasteiger charge is -2.24. The summed E-state index contributed by atoms with van der Waals surface area (Å²) in [6.45, 7) is 0.437. The maximum absolute atomic E-state index is 12.7. The minimum absolute atomic E-state index is 0.00814. The third kappa shape index (κ3) is 4.93. The summed E-state index contributed by atoms with van der Waals surface area (Å²) < 4.78 is 0.976. The van der Waals surface area contributed by atoms with Gasteiger partial charge < -0.3 is 15.5 Å². The average Bonchev–Trinajstić information content (AvgIpc) is 3.38. The second-order valence-electron chi connectivity index (χ2n) is 8.05. The molecule has 0 radical (unpaired) electrons. The van der Waals surface area contributed by atoms with Crippen molar-refractivity contribution in [3.63, 3.8) is 0 Å². The van der Waals surface area contributed by atoms with Gasteiger partial charge in [-0.1, -0.05) is 18.6 Å². The Kier molecular flexibility index (Phi) is 5.80. The van der Waals surface area contributed by atoms with Crippen LogP contribution in [0.25, 0.3) is 10.2 Å². The molecule has 1 aromatic heterocycles. The molecule has 2 N–H and O–H groups in total. The molecule has 2 fully saturated rings. The molecular formula is C21H26N4O3S.